The first-order chi connectivity index (χ1) is 15.2. The first-order valence-electron chi connectivity index (χ1n) is 9.94. The fraction of sp³-hybridized carbons (Fsp3) is 0.0800. The number of halogens is 1. The van der Waals surface area contributed by atoms with Crippen molar-refractivity contribution in [2.75, 3.05) is 5.32 Å². The van der Waals surface area contributed by atoms with Crippen molar-refractivity contribution in [3.63, 3.8) is 0 Å². The first-order valence-corrected chi connectivity index (χ1v) is 11.2. The molecule has 2 aromatic heterocycles. The molecule has 0 bridgehead atoms. The molecule has 6 heteroatoms. The van der Waals surface area contributed by atoms with Gasteiger partial charge in [-0.15, -0.1) is 11.3 Å². The van der Waals surface area contributed by atoms with Gasteiger partial charge in [-0.2, -0.15) is 0 Å². The number of rotatable bonds is 5. The number of anilines is 1. The number of hydrogen-bond acceptors (Lipinski definition) is 5. The lowest BCUT2D eigenvalue weighted by atomic mass is 10.1. The molecule has 0 radical (unpaired) electrons. The topological polar surface area (TPSA) is 50.7 Å². The zero-order chi connectivity index (χ0) is 21.2. The first kappa shape index (κ1) is 19.7. The van der Waals surface area contributed by atoms with E-state index in [1.807, 2.05) is 24.3 Å². The van der Waals surface area contributed by atoms with Gasteiger partial charge in [0.2, 0.25) is 0 Å². The number of thiazole rings is 1. The van der Waals surface area contributed by atoms with Gasteiger partial charge in [-0.1, -0.05) is 77.8 Å². The van der Waals surface area contributed by atoms with E-state index in [1.54, 1.807) is 11.3 Å². The number of nitrogens with one attached hydrogen (secondary N) is 1. The molecule has 1 N–H and O–H groups in total. The van der Waals surface area contributed by atoms with E-state index >= 15 is 0 Å². The third-order valence-electron chi connectivity index (χ3n) is 5.04. The molecule has 0 amide bonds. The van der Waals surface area contributed by atoms with Gasteiger partial charge < -0.3 is 5.32 Å². The highest BCUT2D eigenvalue weighted by Crippen LogP contribution is 2.29. The lowest BCUT2D eigenvalue weighted by Crippen LogP contribution is -2.03. The van der Waals surface area contributed by atoms with Gasteiger partial charge in [0.15, 0.2) is 11.0 Å². The van der Waals surface area contributed by atoms with Crippen molar-refractivity contribution in [2.45, 2.75) is 13.5 Å². The molecule has 2 heterocycles. The SMILES string of the molecule is Cc1ccc(-c2csc(-c3ccc(CNc4nc5ccccc5nc4Cl)cc3)n2)cc1. The van der Waals surface area contributed by atoms with Crippen molar-refractivity contribution in [1.29, 1.82) is 0 Å². The second kappa shape index (κ2) is 8.46. The maximum Gasteiger partial charge on any atom is 0.172 e. The lowest BCUT2D eigenvalue weighted by Gasteiger charge is -2.09. The fourth-order valence-electron chi connectivity index (χ4n) is 3.31. The van der Waals surface area contributed by atoms with Crippen molar-refractivity contribution in [3.05, 3.63) is 94.5 Å². The normalized spacial score (nSPS) is 11.0. The smallest absolute Gasteiger partial charge is 0.172 e. The molecular formula is C25H19ClN4S. The number of hydrogen-bond donors (Lipinski definition) is 1. The Balaban J connectivity index is 1.29. The predicted octanol–water partition coefficient (Wildman–Crippen LogP) is 6.99. The van der Waals surface area contributed by atoms with Gasteiger partial charge in [-0.05, 0) is 24.6 Å². The summed E-state index contributed by atoms with van der Waals surface area (Å²) in [6, 6.07) is 24.5. The molecule has 5 rings (SSSR count). The van der Waals surface area contributed by atoms with Crippen LogP contribution >= 0.6 is 22.9 Å². The second-order valence-corrected chi connectivity index (χ2v) is 8.52. The number of para-hydroxylation sites is 2. The van der Waals surface area contributed by atoms with Gasteiger partial charge in [0.25, 0.3) is 0 Å². The molecule has 0 aliphatic rings. The molecule has 0 saturated carbocycles. The summed E-state index contributed by atoms with van der Waals surface area (Å²) in [4.78, 5) is 13.8. The third-order valence-corrected chi connectivity index (χ3v) is 6.20. The zero-order valence-corrected chi connectivity index (χ0v) is 18.4. The van der Waals surface area contributed by atoms with E-state index in [0.29, 0.717) is 17.5 Å². The minimum absolute atomic E-state index is 0.377. The van der Waals surface area contributed by atoms with Crippen LogP contribution in [0.1, 0.15) is 11.1 Å². The molecule has 0 spiro atoms. The lowest BCUT2D eigenvalue weighted by molar-refractivity contribution is 1.11. The molecule has 0 atom stereocenters. The van der Waals surface area contributed by atoms with Crippen molar-refractivity contribution in [2.24, 2.45) is 0 Å². The molecular weight excluding hydrogens is 424 g/mol. The van der Waals surface area contributed by atoms with E-state index < -0.39 is 0 Å². The summed E-state index contributed by atoms with van der Waals surface area (Å²) in [7, 11) is 0. The van der Waals surface area contributed by atoms with Gasteiger partial charge in [0.05, 0.1) is 16.7 Å². The second-order valence-electron chi connectivity index (χ2n) is 7.31. The third kappa shape index (κ3) is 4.29. The van der Waals surface area contributed by atoms with Crippen molar-refractivity contribution in [1.82, 2.24) is 15.0 Å². The summed E-state index contributed by atoms with van der Waals surface area (Å²) in [6.07, 6.45) is 0. The number of benzene rings is 3. The van der Waals surface area contributed by atoms with Crippen LogP contribution in [0.5, 0.6) is 0 Å². The van der Waals surface area contributed by atoms with Crippen molar-refractivity contribution < 1.29 is 0 Å². The molecule has 152 valence electrons. The molecule has 0 fully saturated rings. The van der Waals surface area contributed by atoms with E-state index in [0.717, 1.165) is 38.4 Å². The average molecular weight is 443 g/mol. The quantitative estimate of drug-likeness (QED) is 0.318. The number of nitrogens with zero attached hydrogens (tertiary/aromatic N) is 3. The summed E-state index contributed by atoms with van der Waals surface area (Å²) in [5, 5.41) is 6.79. The van der Waals surface area contributed by atoms with Gasteiger partial charge >= 0.3 is 0 Å². The Morgan fingerprint density at radius 1 is 0.806 bits per heavy atom. The molecule has 0 aliphatic carbocycles. The predicted molar refractivity (Wildman–Crippen MR) is 130 cm³/mol. The van der Waals surface area contributed by atoms with Gasteiger partial charge in [0.1, 0.15) is 5.01 Å². The molecule has 3 aromatic carbocycles. The average Bonchev–Trinajstić information content (AvgIpc) is 3.29. The van der Waals surface area contributed by atoms with E-state index in [2.05, 4.69) is 76.1 Å². The van der Waals surface area contributed by atoms with E-state index in [-0.39, 0.29) is 0 Å². The maximum absolute atomic E-state index is 6.29. The Bertz CT molecular complexity index is 1340. The number of fused-ring (bicyclic) bond motifs is 1. The molecule has 5 aromatic rings. The summed E-state index contributed by atoms with van der Waals surface area (Å²) in [6.45, 7) is 2.70. The molecule has 0 aliphatic heterocycles. The minimum Gasteiger partial charge on any atom is -0.363 e. The zero-order valence-electron chi connectivity index (χ0n) is 16.8. The van der Waals surface area contributed by atoms with Crippen LogP contribution in [0.25, 0.3) is 32.9 Å². The van der Waals surface area contributed by atoms with Gasteiger partial charge in [-0.3, -0.25) is 0 Å². The van der Waals surface area contributed by atoms with Crippen LogP contribution < -0.4 is 5.32 Å². The van der Waals surface area contributed by atoms with Gasteiger partial charge in [0, 0.05) is 23.1 Å². The van der Waals surface area contributed by atoms with Crippen LogP contribution in [0, 0.1) is 6.92 Å². The molecule has 4 nitrogen and oxygen atoms in total. The summed E-state index contributed by atoms with van der Waals surface area (Å²) >= 11 is 7.95. The monoisotopic (exact) mass is 442 g/mol. The number of aryl methyl sites for hydroxylation is 1. The van der Waals surface area contributed by atoms with Crippen LogP contribution in [0.3, 0.4) is 0 Å². The van der Waals surface area contributed by atoms with Crippen LogP contribution in [0.4, 0.5) is 5.82 Å². The Morgan fingerprint density at radius 2 is 1.48 bits per heavy atom. The molecule has 0 saturated heterocycles. The van der Waals surface area contributed by atoms with E-state index in [4.69, 9.17) is 16.6 Å². The Labute approximate surface area is 189 Å². The highest BCUT2D eigenvalue weighted by atomic mass is 35.5. The Morgan fingerprint density at radius 3 is 2.23 bits per heavy atom. The highest BCUT2D eigenvalue weighted by molar-refractivity contribution is 7.13. The largest absolute Gasteiger partial charge is 0.363 e. The molecule has 0 unspecified atom stereocenters. The van der Waals surface area contributed by atoms with Crippen LogP contribution in [-0.4, -0.2) is 15.0 Å². The minimum atomic E-state index is 0.377. The van der Waals surface area contributed by atoms with Gasteiger partial charge in [-0.25, -0.2) is 15.0 Å². The molecule has 31 heavy (non-hydrogen) atoms. The maximum atomic E-state index is 6.29. The highest BCUT2D eigenvalue weighted by Gasteiger charge is 2.09. The van der Waals surface area contributed by atoms with E-state index in [1.165, 1.54) is 5.56 Å². The summed E-state index contributed by atoms with van der Waals surface area (Å²) in [5.41, 5.74) is 7.24. The Hall–Kier alpha value is -3.28. The van der Waals surface area contributed by atoms with E-state index in [9.17, 15) is 0 Å². The van der Waals surface area contributed by atoms with Crippen molar-refractivity contribution >= 4 is 39.8 Å². The van der Waals surface area contributed by atoms with Crippen LogP contribution in [0.15, 0.2) is 78.2 Å². The standard InChI is InChI=1S/C25H19ClN4S/c1-16-6-10-18(11-7-16)22-15-31-25(30-22)19-12-8-17(9-13-19)14-27-24-23(26)28-20-4-2-3-5-21(20)29-24/h2-13,15H,14H2,1H3,(H,27,29). The fourth-order valence-corrected chi connectivity index (χ4v) is 4.34. The summed E-state index contributed by atoms with van der Waals surface area (Å²) in [5.74, 6) is 0.590. The van der Waals surface area contributed by atoms with Crippen LogP contribution in [0.2, 0.25) is 5.15 Å². The summed E-state index contributed by atoms with van der Waals surface area (Å²) < 4.78 is 0. The van der Waals surface area contributed by atoms with Crippen molar-refractivity contribution in [3.8, 4) is 21.8 Å². The number of aromatic nitrogens is 3. The van der Waals surface area contributed by atoms with Crippen LogP contribution in [-0.2, 0) is 6.54 Å². The Kier molecular flexibility index (Phi) is 5.37.